The fourth-order valence-corrected chi connectivity index (χ4v) is 10.3. The van der Waals surface area contributed by atoms with Crippen LogP contribution in [-0.2, 0) is 30.7 Å². The summed E-state index contributed by atoms with van der Waals surface area (Å²) in [6.07, 6.45) is 2.12. The third-order valence-corrected chi connectivity index (χ3v) is 14.3. The minimum absolute atomic E-state index is 0. The number of esters is 1. The van der Waals surface area contributed by atoms with Crippen LogP contribution in [0.15, 0.2) is 70.8 Å². The summed E-state index contributed by atoms with van der Waals surface area (Å²) in [5.74, 6) is -3.09. The van der Waals surface area contributed by atoms with E-state index >= 15 is 8.78 Å². The Morgan fingerprint density at radius 2 is 1.64 bits per heavy atom. The molecule has 0 amide bonds. The van der Waals surface area contributed by atoms with Gasteiger partial charge in [-0.25, -0.2) is 26.6 Å². The molecular weight excluding hydrogens is 810 g/mol. The number of ether oxygens (including phenoxy) is 2. The van der Waals surface area contributed by atoms with Crippen LogP contribution in [0.25, 0.3) is 5.69 Å². The van der Waals surface area contributed by atoms with Gasteiger partial charge in [0, 0.05) is 55.0 Å². The Kier molecular flexibility index (Phi) is 13.8. The molecule has 4 aromatic rings. The molecule has 56 heavy (non-hydrogen) atoms. The molecule has 3 aliphatic heterocycles. The summed E-state index contributed by atoms with van der Waals surface area (Å²) >= 11 is 7.34. The molecule has 3 aromatic carbocycles. The quantitative estimate of drug-likeness (QED) is 0.102. The van der Waals surface area contributed by atoms with E-state index in [2.05, 4.69) is 9.88 Å². The second-order valence-electron chi connectivity index (χ2n) is 14.6. The number of rotatable bonds is 15. The van der Waals surface area contributed by atoms with E-state index in [1.807, 2.05) is 26.0 Å². The lowest BCUT2D eigenvalue weighted by molar-refractivity contribution is -0.941. The number of fused-ring (bicyclic) bond motifs is 3. The van der Waals surface area contributed by atoms with Crippen molar-refractivity contribution in [1.82, 2.24) is 18.8 Å². The van der Waals surface area contributed by atoms with Gasteiger partial charge in [0.1, 0.15) is 29.2 Å². The molecule has 0 aliphatic carbocycles. The smallest absolute Gasteiger partial charge is 0.323 e. The molecule has 0 radical (unpaired) electrons. The summed E-state index contributed by atoms with van der Waals surface area (Å²) in [5, 5.41) is 0.809. The normalized spacial score (nSPS) is 18.8. The van der Waals surface area contributed by atoms with E-state index in [1.165, 1.54) is 33.3 Å². The Bertz CT molecular complexity index is 2110. The van der Waals surface area contributed by atoms with Crippen LogP contribution < -0.4 is 17.1 Å². The van der Waals surface area contributed by atoms with Crippen LogP contribution in [0.5, 0.6) is 5.75 Å². The monoisotopic (exact) mass is 855 g/mol. The van der Waals surface area contributed by atoms with Gasteiger partial charge in [0.25, 0.3) is 0 Å². The molecular formula is C39H46Cl2F3N5O5S2. The molecule has 4 heterocycles. The Morgan fingerprint density at radius 1 is 1.02 bits per heavy atom. The SMILES string of the molecule is COC(=O)[C@@H](C)N(CCC[N+]12CCN(CC1)CC2)S(=O)(=O)c1cc(F)c(CSc2ncc(C(C)(C)c3ccc(Cl)c(OC)c3)n2-c2ccc(F)cc2)c(F)c1.[Cl-]. The maximum Gasteiger partial charge on any atom is 0.323 e. The number of aromatic nitrogens is 2. The Hall–Kier alpha value is -3.31. The van der Waals surface area contributed by atoms with Gasteiger partial charge in [-0.2, -0.15) is 4.31 Å². The van der Waals surface area contributed by atoms with Crippen LogP contribution in [0.4, 0.5) is 13.2 Å². The first kappa shape index (κ1) is 43.8. The average Bonchev–Trinajstić information content (AvgIpc) is 3.61. The minimum Gasteiger partial charge on any atom is -1.00 e. The van der Waals surface area contributed by atoms with E-state index in [9.17, 15) is 17.6 Å². The third-order valence-electron chi connectivity index (χ3n) is 11.1. The number of hydrogen-bond acceptors (Lipinski definition) is 8. The Balaban J connectivity index is 0.00000600. The van der Waals surface area contributed by atoms with Crippen molar-refractivity contribution in [1.29, 1.82) is 0 Å². The number of nitrogens with zero attached hydrogens (tertiary/aromatic N) is 5. The fourth-order valence-electron chi connectivity index (χ4n) is 7.49. The van der Waals surface area contributed by atoms with Gasteiger partial charge in [-0.1, -0.05) is 43.3 Å². The number of thioether (sulfide) groups is 1. The van der Waals surface area contributed by atoms with E-state index in [0.29, 0.717) is 33.7 Å². The predicted molar refractivity (Wildman–Crippen MR) is 206 cm³/mol. The van der Waals surface area contributed by atoms with Gasteiger partial charge in [0.05, 0.1) is 62.2 Å². The van der Waals surface area contributed by atoms with Gasteiger partial charge in [-0.15, -0.1) is 0 Å². The summed E-state index contributed by atoms with van der Waals surface area (Å²) in [6, 6.07) is 11.6. The zero-order valence-electron chi connectivity index (χ0n) is 31.9. The Morgan fingerprint density at radius 3 is 2.23 bits per heavy atom. The van der Waals surface area contributed by atoms with Crippen LogP contribution >= 0.6 is 23.4 Å². The van der Waals surface area contributed by atoms with E-state index in [0.717, 1.165) is 84.1 Å². The van der Waals surface area contributed by atoms with E-state index in [1.54, 1.807) is 29.0 Å². The van der Waals surface area contributed by atoms with Crippen LogP contribution in [0.3, 0.4) is 0 Å². The van der Waals surface area contributed by atoms with Crippen molar-refractivity contribution in [2.45, 2.75) is 54.5 Å². The van der Waals surface area contributed by atoms with Gasteiger partial charge in [-0.3, -0.25) is 14.3 Å². The van der Waals surface area contributed by atoms with Crippen molar-refractivity contribution < 1.29 is 52.7 Å². The maximum absolute atomic E-state index is 15.9. The molecule has 17 heteroatoms. The number of imidazole rings is 1. The molecule has 0 saturated carbocycles. The maximum atomic E-state index is 15.9. The molecule has 1 aromatic heterocycles. The van der Waals surface area contributed by atoms with Gasteiger partial charge in [0.2, 0.25) is 10.0 Å². The van der Waals surface area contributed by atoms with Gasteiger partial charge in [0.15, 0.2) is 5.16 Å². The van der Waals surface area contributed by atoms with Crippen molar-refractivity contribution in [3.05, 3.63) is 100 Å². The molecule has 0 N–H and O–H groups in total. The fraction of sp³-hybridized carbons (Fsp3) is 0.436. The molecule has 7 rings (SSSR count). The lowest BCUT2D eigenvalue weighted by atomic mass is 9.81. The predicted octanol–water partition coefficient (Wildman–Crippen LogP) is 3.66. The van der Waals surface area contributed by atoms with E-state index < -0.39 is 49.8 Å². The van der Waals surface area contributed by atoms with Gasteiger partial charge >= 0.3 is 5.97 Å². The zero-order valence-corrected chi connectivity index (χ0v) is 35.1. The van der Waals surface area contributed by atoms with Crippen LogP contribution in [0, 0.1) is 17.5 Å². The van der Waals surface area contributed by atoms with Crippen LogP contribution in [-0.4, -0.2) is 110 Å². The number of methoxy groups -OCH3 is 2. The van der Waals surface area contributed by atoms with Crippen LogP contribution in [0.2, 0.25) is 5.02 Å². The molecule has 304 valence electrons. The summed E-state index contributed by atoms with van der Waals surface area (Å²) < 4.78 is 87.9. The van der Waals surface area contributed by atoms with Crippen molar-refractivity contribution >= 4 is 39.4 Å². The summed E-state index contributed by atoms with van der Waals surface area (Å²) in [4.78, 5) is 19.1. The first-order valence-corrected chi connectivity index (χ1v) is 20.9. The third kappa shape index (κ3) is 8.88. The molecule has 3 saturated heterocycles. The number of carbonyl (C=O) groups is 1. The standard InChI is InChI=1S/C39H46ClF3N5O5S2.ClH/c1-26(37(49)53-5)46(13-6-17-48-18-14-45(15-19-48)16-20-48)55(50,51)30-22-33(42)31(34(43)23-30)25-54-38-44-24-36(47(38)29-10-8-28(41)9-11-29)39(2,3)27-7-12-32(40)35(21-27)52-4;/h7-12,21-24,26H,6,13-20,25H2,1-5H3;1H/q+1;/p-1/t26-;/m1./s1. The largest absolute Gasteiger partial charge is 1.00 e. The first-order chi connectivity index (χ1) is 26.1. The number of piperazine rings is 3. The van der Waals surface area contributed by atoms with Gasteiger partial charge < -0.3 is 26.4 Å². The van der Waals surface area contributed by atoms with Crippen LogP contribution in [0.1, 0.15) is 44.0 Å². The van der Waals surface area contributed by atoms with Crippen molar-refractivity contribution in [2.75, 3.05) is 66.6 Å². The van der Waals surface area contributed by atoms with Crippen molar-refractivity contribution in [2.24, 2.45) is 0 Å². The molecule has 0 unspecified atom stereocenters. The number of halogens is 5. The highest BCUT2D eigenvalue weighted by molar-refractivity contribution is 7.98. The molecule has 3 fully saturated rings. The lowest BCUT2D eigenvalue weighted by Crippen LogP contribution is -3.00. The van der Waals surface area contributed by atoms with E-state index in [-0.39, 0.29) is 30.3 Å². The van der Waals surface area contributed by atoms with Crippen molar-refractivity contribution in [3.63, 3.8) is 0 Å². The molecule has 10 nitrogen and oxygen atoms in total. The van der Waals surface area contributed by atoms with E-state index in [4.69, 9.17) is 21.1 Å². The summed E-state index contributed by atoms with van der Waals surface area (Å²) in [7, 11) is -1.84. The number of quaternary nitrogens is 1. The average molecular weight is 857 g/mol. The Labute approximate surface area is 342 Å². The highest BCUT2D eigenvalue weighted by atomic mass is 35.5. The number of carbonyl (C=O) groups excluding carboxylic acids is 1. The summed E-state index contributed by atoms with van der Waals surface area (Å²) in [5.41, 5.74) is 1.05. The van der Waals surface area contributed by atoms with Crippen molar-refractivity contribution in [3.8, 4) is 11.4 Å². The summed E-state index contributed by atoms with van der Waals surface area (Å²) in [6.45, 7) is 12.0. The second-order valence-corrected chi connectivity index (χ2v) is 17.9. The lowest BCUT2D eigenvalue weighted by Gasteiger charge is -2.50. The minimum atomic E-state index is -4.53. The highest BCUT2D eigenvalue weighted by Crippen LogP contribution is 2.40. The molecule has 3 aliphatic rings. The topological polar surface area (TPSA) is 94.0 Å². The first-order valence-electron chi connectivity index (χ1n) is 18.1. The zero-order chi connectivity index (χ0) is 39.7. The number of benzene rings is 3. The second kappa shape index (κ2) is 17.7. The van der Waals surface area contributed by atoms with Gasteiger partial charge in [-0.05, 0) is 61.0 Å². The number of hydrogen-bond donors (Lipinski definition) is 0. The highest BCUT2D eigenvalue weighted by Gasteiger charge is 2.40. The number of sulfonamides is 1. The molecule has 1 atom stereocenters. The molecule has 2 bridgehead atoms. The molecule has 0 spiro atoms.